The van der Waals surface area contributed by atoms with Gasteiger partial charge in [0.1, 0.15) is 0 Å². The van der Waals surface area contributed by atoms with E-state index in [1.807, 2.05) is 0 Å². The van der Waals surface area contributed by atoms with Gasteiger partial charge in [-0.25, -0.2) is 0 Å². The Balaban J connectivity index is 4.01. The van der Waals surface area contributed by atoms with E-state index in [1.165, 1.54) is 6.42 Å². The summed E-state index contributed by atoms with van der Waals surface area (Å²) < 4.78 is 0. The summed E-state index contributed by atoms with van der Waals surface area (Å²) in [7, 11) is 0. The highest BCUT2D eigenvalue weighted by Crippen LogP contribution is 2.36. The Bertz CT molecular complexity index is 116. The maximum Gasteiger partial charge on any atom is -0.0190 e. The van der Waals surface area contributed by atoms with Gasteiger partial charge < -0.3 is 0 Å². The summed E-state index contributed by atoms with van der Waals surface area (Å²) in [5, 5.41) is 0. The predicted molar refractivity (Wildman–Crippen MR) is 57.0 cm³/mol. The summed E-state index contributed by atoms with van der Waals surface area (Å²) in [6.45, 7) is 16.2. The Morgan fingerprint density at radius 1 is 1.08 bits per heavy atom. The van der Waals surface area contributed by atoms with Crippen LogP contribution in [0.4, 0.5) is 0 Å². The van der Waals surface area contributed by atoms with Crippen LogP contribution in [-0.2, 0) is 0 Å². The third-order valence-electron chi connectivity index (χ3n) is 2.75. The molecular weight excluding hydrogens is 144 g/mol. The molecule has 0 aromatic rings. The van der Waals surface area contributed by atoms with Crippen LogP contribution in [0.2, 0.25) is 0 Å². The molecule has 0 N–H and O–H groups in total. The molecule has 0 nitrogen and oxygen atoms in total. The maximum absolute atomic E-state index is 2.35. The van der Waals surface area contributed by atoms with E-state index in [0.717, 1.165) is 11.8 Å². The van der Waals surface area contributed by atoms with E-state index in [0.29, 0.717) is 5.41 Å². The molecule has 0 bridgehead atoms. The second kappa shape index (κ2) is 4.30. The van der Waals surface area contributed by atoms with Crippen LogP contribution in [0.1, 0.15) is 54.9 Å². The second-order valence-corrected chi connectivity index (χ2v) is 5.46. The summed E-state index contributed by atoms with van der Waals surface area (Å²) in [4.78, 5) is 0. The lowest BCUT2D eigenvalue weighted by Gasteiger charge is -2.32. The Morgan fingerprint density at radius 2 is 1.50 bits per heavy atom. The van der Waals surface area contributed by atoms with Crippen LogP contribution in [0.5, 0.6) is 0 Å². The van der Waals surface area contributed by atoms with Crippen molar-refractivity contribution < 1.29 is 0 Å². The van der Waals surface area contributed by atoms with Gasteiger partial charge in [-0.15, -0.1) is 0 Å². The SMILES string of the molecule is C[C](C(C)CC(C)C)C(C)(C)C. The largest absolute Gasteiger partial charge is 0.0628 e. The van der Waals surface area contributed by atoms with Crippen molar-refractivity contribution in [3.63, 3.8) is 0 Å². The molecule has 0 spiro atoms. The van der Waals surface area contributed by atoms with Crippen LogP contribution in [0.25, 0.3) is 0 Å². The quantitative estimate of drug-likeness (QED) is 0.590. The summed E-state index contributed by atoms with van der Waals surface area (Å²) in [6, 6.07) is 0. The average molecular weight is 169 g/mol. The molecule has 0 aromatic heterocycles. The molecule has 0 heterocycles. The smallest absolute Gasteiger partial charge is 0.0190 e. The zero-order chi connectivity index (χ0) is 9.94. The van der Waals surface area contributed by atoms with E-state index in [4.69, 9.17) is 0 Å². The van der Waals surface area contributed by atoms with Crippen molar-refractivity contribution in [3.05, 3.63) is 5.92 Å². The fourth-order valence-electron chi connectivity index (χ4n) is 1.62. The monoisotopic (exact) mass is 169 g/mol. The number of hydrogen-bond acceptors (Lipinski definition) is 0. The lowest BCUT2D eigenvalue weighted by molar-refractivity contribution is 0.324. The van der Waals surface area contributed by atoms with Crippen molar-refractivity contribution in [1.29, 1.82) is 0 Å². The average Bonchev–Trinajstić information content (AvgIpc) is 1.82. The van der Waals surface area contributed by atoms with Crippen molar-refractivity contribution in [2.75, 3.05) is 0 Å². The first-order chi connectivity index (χ1) is 5.25. The van der Waals surface area contributed by atoms with Crippen molar-refractivity contribution in [3.8, 4) is 0 Å². The first-order valence-electron chi connectivity index (χ1n) is 5.09. The van der Waals surface area contributed by atoms with E-state index >= 15 is 0 Å². The molecule has 0 aliphatic carbocycles. The highest BCUT2D eigenvalue weighted by molar-refractivity contribution is 5.00. The minimum atomic E-state index is 0.383. The Morgan fingerprint density at radius 3 is 1.75 bits per heavy atom. The highest BCUT2D eigenvalue weighted by Gasteiger charge is 2.25. The van der Waals surface area contributed by atoms with E-state index in [-0.39, 0.29) is 0 Å². The molecule has 1 radical (unpaired) electrons. The standard InChI is InChI=1S/C12H25/c1-9(2)8-10(3)11(4)12(5,6)7/h9-10H,8H2,1-7H3. The van der Waals surface area contributed by atoms with Gasteiger partial charge in [-0.3, -0.25) is 0 Å². The zero-order valence-corrected chi connectivity index (χ0v) is 9.86. The van der Waals surface area contributed by atoms with E-state index < -0.39 is 0 Å². The topological polar surface area (TPSA) is 0 Å². The van der Waals surface area contributed by atoms with Gasteiger partial charge in [0.15, 0.2) is 0 Å². The van der Waals surface area contributed by atoms with Gasteiger partial charge in [0.05, 0.1) is 0 Å². The molecule has 1 unspecified atom stereocenters. The van der Waals surface area contributed by atoms with Gasteiger partial charge in [0, 0.05) is 0 Å². The summed E-state index contributed by atoms with van der Waals surface area (Å²) >= 11 is 0. The summed E-state index contributed by atoms with van der Waals surface area (Å²) in [5.41, 5.74) is 0.383. The van der Waals surface area contributed by atoms with Crippen LogP contribution in [-0.4, -0.2) is 0 Å². The van der Waals surface area contributed by atoms with Crippen molar-refractivity contribution in [1.82, 2.24) is 0 Å². The van der Waals surface area contributed by atoms with Crippen LogP contribution in [0.15, 0.2) is 0 Å². The molecule has 0 aromatic carbocycles. The Labute approximate surface area is 78.8 Å². The van der Waals surface area contributed by atoms with Gasteiger partial charge >= 0.3 is 0 Å². The molecule has 73 valence electrons. The number of hydrogen-bond donors (Lipinski definition) is 0. The van der Waals surface area contributed by atoms with Gasteiger partial charge in [0.25, 0.3) is 0 Å². The van der Waals surface area contributed by atoms with Crippen molar-refractivity contribution in [2.24, 2.45) is 17.3 Å². The van der Waals surface area contributed by atoms with Crippen molar-refractivity contribution in [2.45, 2.75) is 54.9 Å². The first kappa shape index (κ1) is 12.0. The molecule has 0 fully saturated rings. The lowest BCUT2D eigenvalue weighted by Crippen LogP contribution is -2.22. The fourth-order valence-corrected chi connectivity index (χ4v) is 1.62. The molecule has 0 aliphatic rings. The predicted octanol–water partition coefficient (Wildman–Crippen LogP) is 4.31. The van der Waals surface area contributed by atoms with Crippen LogP contribution in [0, 0.1) is 23.2 Å². The van der Waals surface area contributed by atoms with Gasteiger partial charge in [-0.2, -0.15) is 0 Å². The van der Waals surface area contributed by atoms with Crippen LogP contribution >= 0.6 is 0 Å². The molecule has 0 saturated carbocycles. The molecule has 0 rings (SSSR count). The molecule has 0 saturated heterocycles. The molecule has 0 amide bonds. The fraction of sp³-hybridized carbons (Fsp3) is 0.917. The highest BCUT2D eigenvalue weighted by atomic mass is 14.3. The van der Waals surface area contributed by atoms with Crippen molar-refractivity contribution >= 4 is 0 Å². The third kappa shape index (κ3) is 4.13. The molecular formula is C12H25. The third-order valence-corrected chi connectivity index (χ3v) is 2.75. The van der Waals surface area contributed by atoms with E-state index in [1.54, 1.807) is 5.92 Å². The molecule has 0 heteroatoms. The molecule has 0 aliphatic heterocycles. The summed E-state index contributed by atoms with van der Waals surface area (Å²) in [6.07, 6.45) is 1.32. The second-order valence-electron chi connectivity index (χ2n) is 5.46. The van der Waals surface area contributed by atoms with Gasteiger partial charge in [-0.05, 0) is 29.6 Å². The minimum absolute atomic E-state index is 0.383. The normalized spacial score (nSPS) is 15.8. The lowest BCUT2D eigenvalue weighted by atomic mass is 9.73. The summed E-state index contributed by atoms with van der Waals surface area (Å²) in [5.74, 6) is 3.22. The van der Waals surface area contributed by atoms with Gasteiger partial charge in [0.2, 0.25) is 0 Å². The van der Waals surface area contributed by atoms with Crippen LogP contribution in [0.3, 0.4) is 0 Å². The maximum atomic E-state index is 2.35. The minimum Gasteiger partial charge on any atom is -0.0628 e. The molecule has 1 atom stereocenters. The molecule has 12 heavy (non-hydrogen) atoms. The Hall–Kier alpha value is 0. The first-order valence-corrected chi connectivity index (χ1v) is 5.09. The van der Waals surface area contributed by atoms with Gasteiger partial charge in [-0.1, -0.05) is 48.5 Å². The zero-order valence-electron chi connectivity index (χ0n) is 9.86. The van der Waals surface area contributed by atoms with Crippen LogP contribution < -0.4 is 0 Å². The number of rotatable bonds is 3. The van der Waals surface area contributed by atoms with E-state index in [2.05, 4.69) is 48.5 Å². The Kier molecular flexibility index (Phi) is 4.30. The van der Waals surface area contributed by atoms with E-state index in [9.17, 15) is 0 Å².